The second kappa shape index (κ2) is 6.73. The highest BCUT2D eigenvalue weighted by molar-refractivity contribution is 6.53. The average Bonchev–Trinajstić information content (AvgIpc) is 2.81. The van der Waals surface area contributed by atoms with Crippen molar-refractivity contribution in [2.45, 2.75) is 27.2 Å². The Morgan fingerprint density at radius 2 is 1.76 bits per heavy atom. The molecule has 1 N–H and O–H groups in total. The van der Waals surface area contributed by atoms with E-state index >= 15 is 0 Å². The summed E-state index contributed by atoms with van der Waals surface area (Å²) < 4.78 is 0. The predicted molar refractivity (Wildman–Crippen MR) is 101 cm³/mol. The molecule has 5 heteroatoms. The third-order valence-electron chi connectivity index (χ3n) is 4.29. The Morgan fingerprint density at radius 3 is 2.48 bits per heavy atom. The second-order valence-corrected chi connectivity index (χ2v) is 6.44. The minimum Gasteiger partial charge on any atom is -0.349 e. The van der Waals surface area contributed by atoms with Crippen molar-refractivity contribution < 1.29 is 9.59 Å². The van der Waals surface area contributed by atoms with Gasteiger partial charge in [0.25, 0.3) is 11.8 Å². The van der Waals surface area contributed by atoms with Crippen LogP contribution in [0.5, 0.6) is 0 Å². The van der Waals surface area contributed by atoms with Gasteiger partial charge in [-0.05, 0) is 49.1 Å². The van der Waals surface area contributed by atoms with Gasteiger partial charge in [-0.1, -0.05) is 48.9 Å². The van der Waals surface area contributed by atoms with Crippen LogP contribution in [0.3, 0.4) is 0 Å². The number of hydrogen-bond acceptors (Lipinski definition) is 3. The fraction of sp³-hybridized carbons (Fsp3) is 0.200. The number of para-hydroxylation sites is 1. The van der Waals surface area contributed by atoms with Crippen LogP contribution in [-0.2, 0) is 16.0 Å². The van der Waals surface area contributed by atoms with Crippen molar-refractivity contribution in [2.24, 2.45) is 0 Å². The average molecular weight is 355 g/mol. The number of nitrogens with one attached hydrogen (secondary N) is 1. The first-order valence-corrected chi connectivity index (χ1v) is 8.52. The molecular weight excluding hydrogens is 336 g/mol. The third kappa shape index (κ3) is 3.05. The van der Waals surface area contributed by atoms with Crippen molar-refractivity contribution in [1.82, 2.24) is 0 Å². The zero-order chi connectivity index (χ0) is 18.1. The lowest BCUT2D eigenvalue weighted by molar-refractivity contribution is -0.120. The first kappa shape index (κ1) is 17.2. The largest absolute Gasteiger partial charge is 0.349 e. The van der Waals surface area contributed by atoms with E-state index in [4.69, 9.17) is 11.6 Å². The summed E-state index contributed by atoms with van der Waals surface area (Å²) in [6, 6.07) is 13.3. The van der Waals surface area contributed by atoms with Crippen LogP contribution in [0.2, 0.25) is 0 Å². The number of hydrogen-bond donors (Lipinski definition) is 1. The molecule has 0 saturated carbocycles. The van der Waals surface area contributed by atoms with Crippen molar-refractivity contribution in [3.05, 3.63) is 69.9 Å². The van der Waals surface area contributed by atoms with Crippen molar-refractivity contribution in [3.63, 3.8) is 0 Å². The SMILES string of the molecule is CCc1ccccc1NC1=C(Cl)C(=O)N(c2cc(C)ccc2C)C1=O. The molecule has 0 bridgehead atoms. The minimum absolute atomic E-state index is 0.0863. The number of aryl methyl sites for hydroxylation is 3. The van der Waals surface area contributed by atoms with Gasteiger partial charge in [0.05, 0.1) is 5.69 Å². The summed E-state index contributed by atoms with van der Waals surface area (Å²) in [6.45, 7) is 5.81. The number of imide groups is 1. The number of benzene rings is 2. The Morgan fingerprint density at radius 1 is 1.04 bits per heavy atom. The standard InChI is InChI=1S/C20H19ClN2O2/c1-4-14-7-5-6-8-15(14)22-18-17(21)19(24)23(20(18)25)16-11-12(2)9-10-13(16)3/h5-11,22H,4H2,1-3H3. The maximum absolute atomic E-state index is 12.9. The van der Waals surface area contributed by atoms with Crippen LogP contribution in [-0.4, -0.2) is 11.8 Å². The lowest BCUT2D eigenvalue weighted by Crippen LogP contribution is -2.33. The molecule has 0 fully saturated rings. The van der Waals surface area contributed by atoms with Crippen molar-refractivity contribution in [2.75, 3.05) is 10.2 Å². The number of halogens is 1. The molecule has 128 valence electrons. The fourth-order valence-electron chi connectivity index (χ4n) is 2.88. The third-order valence-corrected chi connectivity index (χ3v) is 4.64. The zero-order valence-electron chi connectivity index (χ0n) is 14.4. The normalized spacial score (nSPS) is 14.5. The summed E-state index contributed by atoms with van der Waals surface area (Å²) in [5.41, 5.74) is 4.32. The minimum atomic E-state index is -0.503. The molecule has 1 aliphatic rings. The van der Waals surface area contributed by atoms with Crippen LogP contribution in [0.25, 0.3) is 0 Å². The quantitative estimate of drug-likeness (QED) is 0.833. The Bertz CT molecular complexity index is 902. The van der Waals surface area contributed by atoms with Gasteiger partial charge in [0.15, 0.2) is 0 Å². The van der Waals surface area contributed by atoms with Gasteiger partial charge in [-0.15, -0.1) is 0 Å². The molecule has 4 nitrogen and oxygen atoms in total. The molecule has 0 aromatic heterocycles. The molecule has 0 aliphatic carbocycles. The Balaban J connectivity index is 1.98. The highest BCUT2D eigenvalue weighted by Crippen LogP contribution is 2.33. The lowest BCUT2D eigenvalue weighted by atomic mass is 10.1. The monoisotopic (exact) mass is 354 g/mol. The van der Waals surface area contributed by atoms with Gasteiger partial charge in [-0.3, -0.25) is 9.59 Å². The number of amides is 2. The Hall–Kier alpha value is -2.59. The van der Waals surface area contributed by atoms with Crippen molar-refractivity contribution in [1.29, 1.82) is 0 Å². The van der Waals surface area contributed by atoms with E-state index in [2.05, 4.69) is 5.32 Å². The maximum atomic E-state index is 12.9. The summed E-state index contributed by atoms with van der Waals surface area (Å²) in [7, 11) is 0. The van der Waals surface area contributed by atoms with Crippen LogP contribution in [0.15, 0.2) is 53.2 Å². The van der Waals surface area contributed by atoms with Crippen molar-refractivity contribution >= 4 is 34.8 Å². The van der Waals surface area contributed by atoms with Crippen LogP contribution in [0.4, 0.5) is 11.4 Å². The summed E-state index contributed by atoms with van der Waals surface area (Å²) >= 11 is 6.21. The molecule has 25 heavy (non-hydrogen) atoms. The molecule has 0 unspecified atom stereocenters. The highest BCUT2D eigenvalue weighted by atomic mass is 35.5. The fourth-order valence-corrected chi connectivity index (χ4v) is 3.09. The first-order valence-electron chi connectivity index (χ1n) is 8.14. The second-order valence-electron chi connectivity index (χ2n) is 6.06. The van der Waals surface area contributed by atoms with E-state index in [0.29, 0.717) is 5.69 Å². The van der Waals surface area contributed by atoms with Gasteiger partial charge in [-0.25, -0.2) is 4.90 Å². The van der Waals surface area contributed by atoms with Gasteiger partial charge in [0, 0.05) is 5.69 Å². The number of carbonyl (C=O) groups excluding carboxylic acids is 2. The molecular formula is C20H19ClN2O2. The summed E-state index contributed by atoms with van der Waals surface area (Å²) in [5.74, 6) is -0.938. The van der Waals surface area contributed by atoms with E-state index in [0.717, 1.165) is 33.7 Å². The molecule has 2 aromatic carbocycles. The van der Waals surface area contributed by atoms with Gasteiger partial charge in [0.1, 0.15) is 10.7 Å². The topological polar surface area (TPSA) is 49.4 Å². The van der Waals surface area contributed by atoms with E-state index in [-0.39, 0.29) is 10.7 Å². The number of carbonyl (C=O) groups is 2. The van der Waals surface area contributed by atoms with Crippen LogP contribution in [0, 0.1) is 13.8 Å². The smallest absolute Gasteiger partial charge is 0.283 e. The van der Waals surface area contributed by atoms with E-state index in [1.807, 2.05) is 63.2 Å². The van der Waals surface area contributed by atoms with E-state index in [1.165, 1.54) is 0 Å². The highest BCUT2D eigenvalue weighted by Gasteiger charge is 2.39. The van der Waals surface area contributed by atoms with Gasteiger partial charge < -0.3 is 5.32 Å². The molecule has 0 radical (unpaired) electrons. The zero-order valence-corrected chi connectivity index (χ0v) is 15.1. The Labute approximate surface area is 152 Å². The number of anilines is 2. The molecule has 1 aliphatic heterocycles. The van der Waals surface area contributed by atoms with E-state index in [1.54, 1.807) is 0 Å². The molecule has 2 amide bonds. The Kier molecular flexibility index (Phi) is 4.64. The molecule has 0 spiro atoms. The van der Waals surface area contributed by atoms with Gasteiger partial charge >= 0.3 is 0 Å². The first-order chi connectivity index (χ1) is 11.9. The lowest BCUT2D eigenvalue weighted by Gasteiger charge is -2.18. The number of rotatable bonds is 4. The maximum Gasteiger partial charge on any atom is 0.283 e. The van der Waals surface area contributed by atoms with E-state index in [9.17, 15) is 9.59 Å². The number of nitrogens with zero attached hydrogens (tertiary/aromatic N) is 1. The summed E-state index contributed by atoms with van der Waals surface area (Å²) in [6.07, 6.45) is 0.802. The predicted octanol–water partition coefficient (Wildman–Crippen LogP) is 4.30. The van der Waals surface area contributed by atoms with E-state index < -0.39 is 11.8 Å². The van der Waals surface area contributed by atoms with Crippen LogP contribution in [0.1, 0.15) is 23.6 Å². The van der Waals surface area contributed by atoms with Crippen molar-refractivity contribution in [3.8, 4) is 0 Å². The molecule has 2 aromatic rings. The molecule has 0 atom stereocenters. The van der Waals surface area contributed by atoms with Gasteiger partial charge in [-0.2, -0.15) is 0 Å². The molecule has 1 heterocycles. The summed E-state index contributed by atoms with van der Waals surface area (Å²) in [4.78, 5) is 26.6. The molecule has 0 saturated heterocycles. The van der Waals surface area contributed by atoms with Crippen LogP contribution >= 0.6 is 11.6 Å². The molecule has 3 rings (SSSR count). The summed E-state index contributed by atoms with van der Waals surface area (Å²) in [5, 5.41) is 2.97. The van der Waals surface area contributed by atoms with Gasteiger partial charge in [0.2, 0.25) is 0 Å². The van der Waals surface area contributed by atoms with Crippen LogP contribution < -0.4 is 10.2 Å².